The Labute approximate surface area is 154 Å². The molecule has 0 aliphatic rings. The highest BCUT2D eigenvalue weighted by Crippen LogP contribution is 2.14. The summed E-state index contributed by atoms with van der Waals surface area (Å²) < 4.78 is 10.4. The Morgan fingerprint density at radius 3 is 2.16 bits per heavy atom. The number of fused-ring (bicyclic) bond motifs is 1. The molecule has 0 spiro atoms. The fraction of sp³-hybridized carbons (Fsp3) is 0.682. The molecule has 3 heteroatoms. The maximum absolute atomic E-state index is 5.94. The van der Waals surface area contributed by atoms with Crippen LogP contribution in [0.1, 0.15) is 77.0 Å². The van der Waals surface area contributed by atoms with Gasteiger partial charge in [0.05, 0.1) is 13.7 Å². The lowest BCUT2D eigenvalue weighted by atomic mass is 10.1. The van der Waals surface area contributed by atoms with Gasteiger partial charge in [-0.2, -0.15) is 0 Å². The Bertz CT molecular complexity index is 618. The molecule has 1 aromatic heterocycles. The number of rotatable bonds is 13. The largest absolute Gasteiger partial charge is 0.342 e. The molecule has 0 N–H and O–H groups in total. The zero-order chi connectivity index (χ0) is 17.9. The first-order valence-corrected chi connectivity index (χ1v) is 10.3. The zero-order valence-corrected chi connectivity index (χ0v) is 16.6. The summed E-state index contributed by atoms with van der Waals surface area (Å²) in [7, 11) is 2.12. The van der Waals surface area contributed by atoms with E-state index in [0.29, 0.717) is 6.73 Å². The number of aryl methyl sites for hydroxylation is 1. The first kappa shape index (κ1) is 20.0. The Hall–Kier alpha value is -1.35. The monoisotopic (exact) mass is 345 g/mol. The standard InChI is InChI=1S/C22H37N2O/c1-4-5-6-7-8-9-10-11-12-15-18-25-19-24-20(2)23(3)21-16-13-14-17-22(21)24/h13-14,16-17H,4-12,15,18-19H2,1-3H3/q+1. The third kappa shape index (κ3) is 6.14. The van der Waals surface area contributed by atoms with Crippen LogP contribution >= 0.6 is 0 Å². The van der Waals surface area contributed by atoms with Crippen molar-refractivity contribution in [3.63, 3.8) is 0 Å². The second kappa shape index (κ2) is 11.3. The Morgan fingerprint density at radius 2 is 1.48 bits per heavy atom. The van der Waals surface area contributed by atoms with Crippen LogP contribution in [0.5, 0.6) is 0 Å². The molecule has 0 saturated heterocycles. The summed E-state index contributed by atoms with van der Waals surface area (Å²) >= 11 is 0. The quantitative estimate of drug-likeness (QED) is 0.338. The van der Waals surface area contributed by atoms with Gasteiger partial charge >= 0.3 is 0 Å². The first-order chi connectivity index (χ1) is 12.3. The Kier molecular flexibility index (Phi) is 9.03. The minimum absolute atomic E-state index is 0.657. The van der Waals surface area contributed by atoms with Crippen molar-refractivity contribution in [2.45, 2.75) is 84.8 Å². The summed E-state index contributed by atoms with van der Waals surface area (Å²) in [5.74, 6) is 1.24. The second-order valence-electron chi connectivity index (χ2n) is 7.24. The Morgan fingerprint density at radius 1 is 0.880 bits per heavy atom. The van der Waals surface area contributed by atoms with Gasteiger partial charge in [-0.25, -0.2) is 9.13 Å². The summed E-state index contributed by atoms with van der Waals surface area (Å²) in [6, 6.07) is 8.53. The molecule has 0 amide bonds. The summed E-state index contributed by atoms with van der Waals surface area (Å²) in [4.78, 5) is 0. The first-order valence-electron chi connectivity index (χ1n) is 10.3. The highest BCUT2D eigenvalue weighted by Gasteiger charge is 2.17. The fourth-order valence-electron chi connectivity index (χ4n) is 3.52. The number of nitrogens with zero attached hydrogens (tertiary/aromatic N) is 2. The van der Waals surface area contributed by atoms with E-state index >= 15 is 0 Å². The maximum Gasteiger partial charge on any atom is 0.255 e. The lowest BCUT2D eigenvalue weighted by molar-refractivity contribution is -0.652. The molecular weight excluding hydrogens is 308 g/mol. The summed E-state index contributed by atoms with van der Waals surface area (Å²) in [6.07, 6.45) is 13.7. The number of hydrogen-bond acceptors (Lipinski definition) is 1. The molecule has 140 valence electrons. The van der Waals surface area contributed by atoms with Gasteiger partial charge in [-0.3, -0.25) is 0 Å². The molecule has 0 radical (unpaired) electrons. The highest BCUT2D eigenvalue weighted by molar-refractivity contribution is 5.72. The van der Waals surface area contributed by atoms with Gasteiger partial charge in [-0.15, -0.1) is 0 Å². The summed E-state index contributed by atoms with van der Waals surface area (Å²) in [5.41, 5.74) is 2.52. The molecule has 0 atom stereocenters. The SMILES string of the molecule is CCCCCCCCCCCCOCn1c(C)[n+](C)c2ccccc21. The van der Waals surface area contributed by atoms with E-state index in [1.165, 1.54) is 81.1 Å². The molecule has 0 bridgehead atoms. The number of aromatic nitrogens is 2. The van der Waals surface area contributed by atoms with Crippen LogP contribution in [0.2, 0.25) is 0 Å². The summed E-state index contributed by atoms with van der Waals surface area (Å²) in [5, 5.41) is 0. The molecule has 2 rings (SSSR count). The third-order valence-electron chi connectivity index (χ3n) is 5.27. The van der Waals surface area contributed by atoms with Crippen LogP contribution in [-0.4, -0.2) is 11.2 Å². The van der Waals surface area contributed by atoms with Gasteiger partial charge in [-0.05, 0) is 18.6 Å². The number of unbranched alkanes of at least 4 members (excludes halogenated alkanes) is 9. The molecule has 0 aliphatic heterocycles. The predicted molar refractivity (Wildman–Crippen MR) is 106 cm³/mol. The molecule has 25 heavy (non-hydrogen) atoms. The van der Waals surface area contributed by atoms with Crippen molar-refractivity contribution in [2.75, 3.05) is 6.61 Å². The van der Waals surface area contributed by atoms with Crippen LogP contribution in [-0.2, 0) is 18.5 Å². The van der Waals surface area contributed by atoms with Crippen molar-refractivity contribution in [1.29, 1.82) is 0 Å². The maximum atomic E-state index is 5.94. The third-order valence-corrected chi connectivity index (χ3v) is 5.27. The van der Waals surface area contributed by atoms with Crippen molar-refractivity contribution >= 4 is 11.0 Å². The van der Waals surface area contributed by atoms with Gasteiger partial charge < -0.3 is 4.74 Å². The van der Waals surface area contributed by atoms with Crippen LogP contribution in [0.4, 0.5) is 0 Å². The van der Waals surface area contributed by atoms with Crippen molar-refractivity contribution in [2.24, 2.45) is 7.05 Å². The number of para-hydroxylation sites is 2. The van der Waals surface area contributed by atoms with E-state index in [1.807, 2.05) is 0 Å². The van der Waals surface area contributed by atoms with Crippen molar-refractivity contribution < 1.29 is 9.30 Å². The van der Waals surface area contributed by atoms with Crippen LogP contribution in [0, 0.1) is 6.92 Å². The number of imidazole rings is 1. The van der Waals surface area contributed by atoms with Gasteiger partial charge in [0, 0.05) is 6.92 Å². The van der Waals surface area contributed by atoms with Gasteiger partial charge in [-0.1, -0.05) is 76.8 Å². The van der Waals surface area contributed by atoms with E-state index in [-0.39, 0.29) is 0 Å². The highest BCUT2D eigenvalue weighted by atomic mass is 16.5. The smallest absolute Gasteiger partial charge is 0.255 e. The number of ether oxygens (including phenoxy) is 1. The lowest BCUT2D eigenvalue weighted by Gasteiger charge is -2.04. The number of hydrogen-bond donors (Lipinski definition) is 0. The normalized spacial score (nSPS) is 11.5. The lowest BCUT2D eigenvalue weighted by Crippen LogP contribution is -2.31. The molecule has 2 aromatic rings. The molecule has 0 fully saturated rings. The minimum Gasteiger partial charge on any atom is -0.342 e. The van der Waals surface area contributed by atoms with Gasteiger partial charge in [0.2, 0.25) is 0 Å². The van der Waals surface area contributed by atoms with E-state index in [1.54, 1.807) is 0 Å². The van der Waals surface area contributed by atoms with Gasteiger partial charge in [0.1, 0.15) is 0 Å². The van der Waals surface area contributed by atoms with Crippen molar-refractivity contribution in [3.8, 4) is 0 Å². The fourth-order valence-corrected chi connectivity index (χ4v) is 3.52. The molecule has 0 saturated carbocycles. The molecule has 3 nitrogen and oxygen atoms in total. The van der Waals surface area contributed by atoms with Gasteiger partial charge in [0.15, 0.2) is 17.8 Å². The van der Waals surface area contributed by atoms with E-state index in [0.717, 1.165) is 6.61 Å². The average Bonchev–Trinajstić information content (AvgIpc) is 2.87. The molecule has 0 unspecified atom stereocenters. The molecule has 1 heterocycles. The van der Waals surface area contributed by atoms with Gasteiger partial charge in [0.25, 0.3) is 5.82 Å². The van der Waals surface area contributed by atoms with Crippen LogP contribution in [0.25, 0.3) is 11.0 Å². The van der Waals surface area contributed by atoms with E-state index in [9.17, 15) is 0 Å². The van der Waals surface area contributed by atoms with E-state index in [4.69, 9.17) is 4.74 Å². The van der Waals surface area contributed by atoms with Crippen LogP contribution in [0.3, 0.4) is 0 Å². The topological polar surface area (TPSA) is 18.0 Å². The van der Waals surface area contributed by atoms with E-state index in [2.05, 4.69) is 54.3 Å². The number of benzene rings is 1. The average molecular weight is 346 g/mol. The van der Waals surface area contributed by atoms with Crippen LogP contribution < -0.4 is 4.57 Å². The second-order valence-corrected chi connectivity index (χ2v) is 7.24. The van der Waals surface area contributed by atoms with Crippen molar-refractivity contribution in [3.05, 3.63) is 30.1 Å². The zero-order valence-electron chi connectivity index (χ0n) is 16.6. The van der Waals surface area contributed by atoms with Crippen LogP contribution in [0.15, 0.2) is 24.3 Å². The minimum atomic E-state index is 0.657. The predicted octanol–water partition coefficient (Wildman–Crippen LogP) is 5.67. The molecule has 0 aliphatic carbocycles. The molecular formula is C22H37N2O+. The summed E-state index contributed by atoms with van der Waals surface area (Å²) in [6.45, 7) is 5.96. The van der Waals surface area contributed by atoms with E-state index < -0.39 is 0 Å². The molecule has 1 aromatic carbocycles. The van der Waals surface area contributed by atoms with Crippen molar-refractivity contribution in [1.82, 2.24) is 4.57 Å². The Balaban J connectivity index is 1.56.